The zero-order valence-electron chi connectivity index (χ0n) is 15.0. The minimum Gasteiger partial charge on any atom is -0.481 e. The van der Waals surface area contributed by atoms with Gasteiger partial charge in [0.1, 0.15) is 0 Å². The SMILES string of the molecule is CCN(C(=O)C(CCCS)CC(=O)O)c1ccc(-c2ccccc2)cc1. The lowest BCUT2D eigenvalue weighted by molar-refractivity contribution is -0.140. The molecule has 0 aromatic heterocycles. The van der Waals surface area contributed by atoms with E-state index in [1.807, 2.05) is 61.5 Å². The predicted molar refractivity (Wildman–Crippen MR) is 109 cm³/mol. The first-order chi connectivity index (χ1) is 12.6. The number of benzene rings is 2. The maximum atomic E-state index is 12.9. The largest absolute Gasteiger partial charge is 0.481 e. The molecule has 5 heteroatoms. The van der Waals surface area contributed by atoms with Gasteiger partial charge in [0.25, 0.3) is 0 Å². The van der Waals surface area contributed by atoms with E-state index in [1.165, 1.54) is 0 Å². The number of carbonyl (C=O) groups is 2. The average molecular weight is 372 g/mol. The van der Waals surface area contributed by atoms with E-state index in [0.717, 1.165) is 23.2 Å². The summed E-state index contributed by atoms with van der Waals surface area (Å²) in [7, 11) is 0. The molecule has 0 heterocycles. The van der Waals surface area contributed by atoms with Crippen LogP contribution in [0.5, 0.6) is 0 Å². The van der Waals surface area contributed by atoms with Crippen molar-refractivity contribution in [3.05, 3.63) is 54.6 Å². The first-order valence-electron chi connectivity index (χ1n) is 8.86. The van der Waals surface area contributed by atoms with Gasteiger partial charge in [-0.05, 0) is 48.8 Å². The summed E-state index contributed by atoms with van der Waals surface area (Å²) >= 11 is 4.17. The number of aliphatic carboxylic acids is 1. The van der Waals surface area contributed by atoms with E-state index < -0.39 is 11.9 Å². The number of rotatable bonds is 9. The van der Waals surface area contributed by atoms with Gasteiger partial charge in [-0.3, -0.25) is 9.59 Å². The third kappa shape index (κ3) is 5.36. The van der Waals surface area contributed by atoms with E-state index in [0.29, 0.717) is 18.7 Å². The zero-order valence-corrected chi connectivity index (χ0v) is 15.9. The number of thiol groups is 1. The smallest absolute Gasteiger partial charge is 0.304 e. The van der Waals surface area contributed by atoms with E-state index in [9.17, 15) is 9.59 Å². The third-order valence-electron chi connectivity index (χ3n) is 4.35. The molecule has 0 aliphatic rings. The molecule has 2 aromatic rings. The van der Waals surface area contributed by atoms with Crippen LogP contribution in [0.15, 0.2) is 54.6 Å². The normalized spacial score (nSPS) is 11.8. The lowest BCUT2D eigenvalue weighted by atomic mass is 9.97. The molecule has 0 aliphatic carbocycles. The monoisotopic (exact) mass is 371 g/mol. The summed E-state index contributed by atoms with van der Waals surface area (Å²) in [4.78, 5) is 25.7. The number of hydrogen-bond acceptors (Lipinski definition) is 3. The molecule has 2 aromatic carbocycles. The molecule has 26 heavy (non-hydrogen) atoms. The van der Waals surface area contributed by atoms with Gasteiger partial charge in [0.05, 0.1) is 6.42 Å². The molecule has 0 bridgehead atoms. The molecule has 0 spiro atoms. The van der Waals surface area contributed by atoms with Crippen molar-refractivity contribution in [1.29, 1.82) is 0 Å². The van der Waals surface area contributed by atoms with Gasteiger partial charge >= 0.3 is 5.97 Å². The van der Waals surface area contributed by atoms with E-state index in [2.05, 4.69) is 12.6 Å². The van der Waals surface area contributed by atoms with Gasteiger partial charge in [-0.15, -0.1) is 0 Å². The van der Waals surface area contributed by atoms with Crippen molar-refractivity contribution in [3.63, 3.8) is 0 Å². The molecule has 1 unspecified atom stereocenters. The molecule has 1 atom stereocenters. The summed E-state index contributed by atoms with van der Waals surface area (Å²) in [6.07, 6.45) is 1.11. The predicted octanol–water partition coefficient (Wildman–Crippen LogP) is 4.51. The van der Waals surface area contributed by atoms with E-state index in [4.69, 9.17) is 5.11 Å². The Morgan fingerprint density at radius 1 is 1.04 bits per heavy atom. The Kier molecular flexibility index (Phi) is 7.73. The van der Waals surface area contributed by atoms with Crippen LogP contribution in [0.4, 0.5) is 5.69 Å². The highest BCUT2D eigenvalue weighted by molar-refractivity contribution is 7.80. The quantitative estimate of drug-likeness (QED) is 0.638. The Balaban J connectivity index is 2.20. The van der Waals surface area contributed by atoms with Crippen LogP contribution in [0.1, 0.15) is 26.2 Å². The summed E-state index contributed by atoms with van der Waals surface area (Å²) in [6, 6.07) is 17.8. The number of nitrogens with zero attached hydrogens (tertiary/aromatic N) is 1. The van der Waals surface area contributed by atoms with Crippen molar-refractivity contribution in [1.82, 2.24) is 0 Å². The standard InChI is InChI=1S/C21H25NO3S/c1-2-22(21(25)18(9-6-14-26)15-20(23)24)19-12-10-17(11-13-19)16-7-4-3-5-8-16/h3-5,7-8,10-13,18,26H,2,6,9,14-15H2,1H3,(H,23,24). The molecule has 0 fully saturated rings. The van der Waals surface area contributed by atoms with Crippen molar-refractivity contribution < 1.29 is 14.7 Å². The Morgan fingerprint density at radius 3 is 2.19 bits per heavy atom. The molecule has 138 valence electrons. The zero-order chi connectivity index (χ0) is 18.9. The first-order valence-corrected chi connectivity index (χ1v) is 9.49. The summed E-state index contributed by atoms with van der Waals surface area (Å²) in [5.74, 6) is -0.961. The molecule has 4 nitrogen and oxygen atoms in total. The topological polar surface area (TPSA) is 57.6 Å². The van der Waals surface area contributed by atoms with Crippen LogP contribution >= 0.6 is 12.6 Å². The highest BCUT2D eigenvalue weighted by Gasteiger charge is 2.26. The molecule has 0 radical (unpaired) electrons. The fourth-order valence-electron chi connectivity index (χ4n) is 3.01. The third-order valence-corrected chi connectivity index (χ3v) is 4.67. The van der Waals surface area contributed by atoms with Gasteiger partial charge in [0, 0.05) is 18.2 Å². The fourth-order valence-corrected chi connectivity index (χ4v) is 3.19. The van der Waals surface area contributed by atoms with Crippen LogP contribution in [0.2, 0.25) is 0 Å². The van der Waals surface area contributed by atoms with Crippen LogP contribution < -0.4 is 4.90 Å². The van der Waals surface area contributed by atoms with Gasteiger partial charge in [-0.2, -0.15) is 12.6 Å². The highest BCUT2D eigenvalue weighted by Crippen LogP contribution is 2.25. The van der Waals surface area contributed by atoms with Gasteiger partial charge in [-0.25, -0.2) is 0 Å². The summed E-state index contributed by atoms with van der Waals surface area (Å²) in [6.45, 7) is 2.40. The fraction of sp³-hybridized carbons (Fsp3) is 0.333. The second-order valence-corrected chi connectivity index (χ2v) is 6.60. The minimum absolute atomic E-state index is 0.135. The van der Waals surface area contributed by atoms with Crippen molar-refractivity contribution in [3.8, 4) is 11.1 Å². The van der Waals surface area contributed by atoms with E-state index in [1.54, 1.807) is 4.90 Å². The van der Waals surface area contributed by atoms with Crippen LogP contribution in [-0.4, -0.2) is 29.3 Å². The number of carboxylic acid groups (broad SMARTS) is 1. The minimum atomic E-state index is -0.946. The first kappa shape index (κ1) is 20.0. The number of carboxylic acids is 1. The lowest BCUT2D eigenvalue weighted by Gasteiger charge is -2.26. The maximum absolute atomic E-state index is 12.9. The van der Waals surface area contributed by atoms with Crippen LogP contribution in [0.25, 0.3) is 11.1 Å². The number of amides is 1. The Labute approximate surface area is 160 Å². The molecule has 1 N–H and O–H groups in total. The molecular formula is C21H25NO3S. The molecular weight excluding hydrogens is 346 g/mol. The molecule has 0 saturated carbocycles. The molecule has 0 aliphatic heterocycles. The van der Waals surface area contributed by atoms with Crippen molar-refractivity contribution in [2.75, 3.05) is 17.2 Å². The second kappa shape index (κ2) is 10.0. The van der Waals surface area contributed by atoms with Gasteiger partial charge in [-0.1, -0.05) is 42.5 Å². The number of carbonyl (C=O) groups excluding carboxylic acids is 1. The van der Waals surface area contributed by atoms with Gasteiger partial charge in [0.2, 0.25) is 5.91 Å². The maximum Gasteiger partial charge on any atom is 0.304 e. The van der Waals surface area contributed by atoms with Gasteiger partial charge < -0.3 is 10.0 Å². The van der Waals surface area contributed by atoms with Crippen LogP contribution in [0, 0.1) is 5.92 Å². The van der Waals surface area contributed by atoms with E-state index in [-0.39, 0.29) is 12.3 Å². The molecule has 0 saturated heterocycles. The van der Waals surface area contributed by atoms with E-state index >= 15 is 0 Å². The van der Waals surface area contributed by atoms with Crippen molar-refractivity contribution >= 4 is 30.2 Å². The van der Waals surface area contributed by atoms with Crippen molar-refractivity contribution in [2.45, 2.75) is 26.2 Å². The Bertz CT molecular complexity index is 716. The average Bonchev–Trinajstić information content (AvgIpc) is 2.66. The van der Waals surface area contributed by atoms with Gasteiger partial charge in [0.15, 0.2) is 0 Å². The van der Waals surface area contributed by atoms with Crippen LogP contribution in [-0.2, 0) is 9.59 Å². The van der Waals surface area contributed by atoms with Crippen molar-refractivity contribution in [2.24, 2.45) is 5.92 Å². The summed E-state index contributed by atoms with van der Waals surface area (Å²) in [5, 5.41) is 9.13. The summed E-state index contributed by atoms with van der Waals surface area (Å²) in [5.41, 5.74) is 2.99. The number of hydrogen-bond donors (Lipinski definition) is 2. The molecule has 1 amide bonds. The number of anilines is 1. The van der Waals surface area contributed by atoms with Crippen LogP contribution in [0.3, 0.4) is 0 Å². The Hall–Kier alpha value is -2.27. The Morgan fingerprint density at radius 2 is 1.65 bits per heavy atom. The highest BCUT2D eigenvalue weighted by atomic mass is 32.1. The molecule has 2 rings (SSSR count). The summed E-state index contributed by atoms with van der Waals surface area (Å²) < 4.78 is 0. The second-order valence-electron chi connectivity index (χ2n) is 6.16. The lowest BCUT2D eigenvalue weighted by Crippen LogP contribution is -2.37.